The van der Waals surface area contributed by atoms with Gasteiger partial charge in [-0.1, -0.05) is 287 Å². The summed E-state index contributed by atoms with van der Waals surface area (Å²) >= 11 is 31.3. The van der Waals surface area contributed by atoms with Crippen molar-refractivity contribution in [2.75, 3.05) is 0 Å². The van der Waals surface area contributed by atoms with Crippen molar-refractivity contribution in [3.63, 3.8) is 0 Å². The molecule has 8 aromatic carbocycles. The molecule has 8 atom stereocenters. The first-order chi connectivity index (χ1) is 36.3. The molecule has 380 valence electrons. The normalized spacial score (nSPS) is 31.3. The van der Waals surface area contributed by atoms with E-state index < -0.39 is 85.8 Å². The van der Waals surface area contributed by atoms with Crippen molar-refractivity contribution in [2.24, 2.45) is 0 Å². The quantitative estimate of drug-likeness (QED) is 0.158. The Balaban J connectivity index is 1.32. The molecule has 13 nitrogen and oxygen atoms in total. The molecule has 0 saturated carbocycles. The number of hydrogen-bond acceptors (Lipinski definition) is 13. The van der Waals surface area contributed by atoms with Crippen molar-refractivity contribution in [3.8, 4) is 0 Å². The Bertz CT molecular complexity index is 3200. The van der Waals surface area contributed by atoms with Crippen molar-refractivity contribution in [1.29, 1.82) is 0 Å². The number of rotatable bonds is 8. The van der Waals surface area contributed by atoms with Crippen LogP contribution in [0.25, 0.3) is 0 Å². The van der Waals surface area contributed by atoms with Crippen molar-refractivity contribution < 1.29 is 53.5 Å². The molecule has 75 heavy (non-hydrogen) atoms. The predicted molar refractivity (Wildman–Crippen MR) is 306 cm³/mol. The maximum Gasteiger partial charge on any atom is 0.537 e. The van der Waals surface area contributed by atoms with Gasteiger partial charge in [-0.05, 0) is 10.4 Å². The maximum absolute atomic E-state index is 8.20. The molecule has 4 aliphatic rings. The summed E-state index contributed by atoms with van der Waals surface area (Å²) in [7, 11) is -47.5. The van der Waals surface area contributed by atoms with E-state index in [0.29, 0.717) is 41.5 Å². The molecule has 12 rings (SSSR count). The second kappa shape index (κ2) is 21.0. The Hall–Kier alpha value is -3.43. The fraction of sp³-hybridized carbons (Fsp3) is 0. The van der Waals surface area contributed by atoms with Crippen LogP contribution in [0.15, 0.2) is 243 Å². The van der Waals surface area contributed by atoms with Crippen molar-refractivity contribution in [3.05, 3.63) is 243 Å². The van der Waals surface area contributed by atoms with Crippen molar-refractivity contribution in [1.82, 2.24) is 0 Å². The number of hydrogen-bond donors (Lipinski definition) is 0. The summed E-state index contributed by atoms with van der Waals surface area (Å²) in [6.07, 6.45) is 0. The standard InChI is InChI=1S/C48H42Cl4O13Si10/c49-74(50)56-67(42-27-11-2-12-28-42)55-68(43-29-13-3-14-30-43)57-70(45-33-17-5-18-34-45)54-66(41-25-9-1-10-26-41)53-69(44-31-15-4-16-32-44)59-72(64-74,47-37-21-7-22-38-47)61-71(58-68,46-35-19-6-20-36-46)62-73(60-69,65-75(51,52)63-70)48-39-23-8-24-40-48/h1-40,66-67H. The third-order valence-electron chi connectivity index (χ3n) is 12.3. The lowest BCUT2D eigenvalue weighted by Crippen LogP contribution is -2.88. The van der Waals surface area contributed by atoms with Gasteiger partial charge >= 0.3 is 85.8 Å². The molecular formula is C48H42Cl4O13Si10. The minimum Gasteiger partial charge on any atom is -0.391 e. The first-order valence-electron chi connectivity index (χ1n) is 23.6. The number of benzene rings is 8. The molecule has 0 radical (unpaired) electrons. The summed E-state index contributed by atoms with van der Waals surface area (Å²) in [5.41, 5.74) is 0. The minimum atomic E-state index is -5.20. The maximum atomic E-state index is 8.20. The highest BCUT2D eigenvalue weighted by atomic mass is 35.7. The predicted octanol–water partition coefficient (Wildman–Crippen LogP) is 4.42. The summed E-state index contributed by atoms with van der Waals surface area (Å²) in [6.45, 7) is 0. The molecule has 27 heteroatoms. The van der Waals surface area contributed by atoms with E-state index >= 15 is 0 Å². The van der Waals surface area contributed by atoms with Gasteiger partial charge in [-0.15, -0.1) is 0 Å². The van der Waals surface area contributed by atoms with Crippen molar-refractivity contribution >= 4 is 172 Å². The molecule has 4 saturated heterocycles. The average Bonchev–Trinajstić information content (AvgIpc) is 3.46. The van der Waals surface area contributed by atoms with Crippen LogP contribution >= 0.6 is 44.3 Å². The third-order valence-corrected chi connectivity index (χ3v) is 53.4. The molecule has 4 heterocycles. The van der Waals surface area contributed by atoms with Gasteiger partial charge in [0.25, 0.3) is 0 Å². The largest absolute Gasteiger partial charge is 0.537 e. The zero-order valence-corrected chi connectivity index (χ0v) is 52.4. The van der Waals surface area contributed by atoms with Gasteiger partial charge in [0.05, 0.1) is 0 Å². The van der Waals surface area contributed by atoms with E-state index in [1.807, 2.05) is 218 Å². The second-order valence-electron chi connectivity index (χ2n) is 17.3. The zero-order valence-electron chi connectivity index (χ0n) is 39.1. The number of fused-ring (bicyclic) bond motifs is 6. The summed E-state index contributed by atoms with van der Waals surface area (Å²) in [5, 5.41) is 3.63. The van der Waals surface area contributed by atoms with Gasteiger partial charge in [0, 0.05) is 31.1 Å². The molecule has 4 aliphatic heterocycles. The van der Waals surface area contributed by atoms with Gasteiger partial charge < -0.3 is 53.5 Å². The van der Waals surface area contributed by atoms with Crippen LogP contribution in [0.3, 0.4) is 0 Å². The molecule has 0 N–H and O–H groups in total. The molecule has 0 amide bonds. The van der Waals surface area contributed by atoms with Gasteiger partial charge in [-0.25, -0.2) is 0 Å². The van der Waals surface area contributed by atoms with Crippen molar-refractivity contribution in [2.45, 2.75) is 0 Å². The van der Waals surface area contributed by atoms with Gasteiger partial charge in [0.1, 0.15) is 0 Å². The number of halogens is 4. The Labute approximate surface area is 464 Å². The van der Waals surface area contributed by atoms with Gasteiger partial charge in [0.2, 0.25) is 0 Å². The topological polar surface area (TPSA) is 120 Å². The highest BCUT2D eigenvalue weighted by Gasteiger charge is 2.79. The fourth-order valence-corrected chi connectivity index (χ4v) is 60.8. The Morgan fingerprint density at radius 3 is 0.733 bits per heavy atom. The Morgan fingerprint density at radius 2 is 0.413 bits per heavy atom. The van der Waals surface area contributed by atoms with Crippen LogP contribution in [0, 0.1) is 0 Å². The first kappa shape index (κ1) is 52.3. The SMILES string of the molecule is Cl[Si]1(Cl)O[SiH](c2ccccc2)O[Si]2(c3ccccc3)O[Si]3(c4ccccc4)O[SiH](c4ccccc4)O[Si]4(c5ccccc5)O[Si](c5ccccc5)(O1)O[Si](c1ccccc1)(O2)O[Si](c1ccccc1)(O[Si](Cl)(Cl)O3)O4. The lowest BCUT2D eigenvalue weighted by molar-refractivity contribution is 0.0661. The molecule has 0 spiro atoms. The van der Waals surface area contributed by atoms with Gasteiger partial charge in [-0.3, -0.25) is 0 Å². The molecule has 0 aromatic heterocycles. The second-order valence-corrected chi connectivity index (χ2v) is 50.2. The molecular weight excluding hydrogens is 1210 g/mol. The molecule has 8 unspecified atom stereocenters. The van der Waals surface area contributed by atoms with Crippen LogP contribution in [-0.2, 0) is 53.5 Å². The Kier molecular flexibility index (Phi) is 14.6. The molecule has 0 aliphatic carbocycles. The first-order valence-corrected chi connectivity index (χ1v) is 44.6. The van der Waals surface area contributed by atoms with E-state index in [2.05, 4.69) is 0 Å². The van der Waals surface area contributed by atoms with Crippen LogP contribution in [0.2, 0.25) is 0 Å². The molecule has 4 fully saturated rings. The van der Waals surface area contributed by atoms with Crippen LogP contribution in [0.1, 0.15) is 0 Å². The average molecular weight is 1250 g/mol. The minimum absolute atomic E-state index is 0.381. The third kappa shape index (κ3) is 10.4. The van der Waals surface area contributed by atoms with E-state index in [9.17, 15) is 0 Å². The van der Waals surface area contributed by atoms with Crippen LogP contribution in [0.4, 0.5) is 0 Å². The Morgan fingerprint density at radius 1 is 0.213 bits per heavy atom. The summed E-state index contributed by atoms with van der Waals surface area (Å²) < 4.78 is 101. The van der Waals surface area contributed by atoms with E-state index in [-0.39, 0.29) is 0 Å². The monoisotopic (exact) mass is 1250 g/mol. The van der Waals surface area contributed by atoms with E-state index in [1.54, 1.807) is 24.3 Å². The van der Waals surface area contributed by atoms with Gasteiger partial charge in [0.15, 0.2) is 0 Å². The van der Waals surface area contributed by atoms with Crippen LogP contribution < -0.4 is 41.5 Å². The van der Waals surface area contributed by atoms with Crippen LogP contribution in [0.5, 0.6) is 0 Å². The van der Waals surface area contributed by atoms with E-state index in [0.717, 1.165) is 0 Å². The highest BCUT2D eigenvalue weighted by molar-refractivity contribution is 7.43. The van der Waals surface area contributed by atoms with E-state index in [1.165, 1.54) is 0 Å². The lowest BCUT2D eigenvalue weighted by Gasteiger charge is -2.56. The summed E-state index contributed by atoms with van der Waals surface area (Å²) in [6, 6.07) is 73.8. The van der Waals surface area contributed by atoms with Crippen LogP contribution in [-0.4, -0.2) is 85.8 Å². The fourth-order valence-electron chi connectivity index (χ4n) is 9.00. The van der Waals surface area contributed by atoms with E-state index in [4.69, 9.17) is 97.8 Å². The van der Waals surface area contributed by atoms with Gasteiger partial charge in [-0.2, -0.15) is 0 Å². The zero-order chi connectivity index (χ0) is 51.3. The summed E-state index contributed by atoms with van der Waals surface area (Å²) in [4.78, 5) is 0. The highest BCUT2D eigenvalue weighted by Crippen LogP contribution is 2.44. The molecule has 6 bridgehead atoms. The smallest absolute Gasteiger partial charge is 0.391 e. The summed E-state index contributed by atoms with van der Waals surface area (Å²) in [5.74, 6) is 0. The lowest BCUT2D eigenvalue weighted by atomic mass is 10.4. The molecule has 8 aromatic rings.